The molecule has 82 valence electrons. The molecule has 0 saturated carbocycles. The zero-order chi connectivity index (χ0) is 10.7. The lowest BCUT2D eigenvalue weighted by molar-refractivity contribution is -0.0262. The molecule has 2 nitrogen and oxygen atoms in total. The smallest absolute Gasteiger partial charge is 0.0743 e. The number of benzene rings is 1. The van der Waals surface area contributed by atoms with Crippen molar-refractivity contribution in [3.8, 4) is 0 Å². The predicted molar refractivity (Wildman–Crippen MR) is 62.1 cm³/mol. The van der Waals surface area contributed by atoms with Gasteiger partial charge in [-0.15, -0.1) is 0 Å². The van der Waals surface area contributed by atoms with E-state index in [1.807, 2.05) is 0 Å². The van der Waals surface area contributed by atoms with Crippen molar-refractivity contribution in [3.05, 3.63) is 35.4 Å². The molecule has 2 atom stereocenters. The van der Waals surface area contributed by atoms with Gasteiger partial charge in [0.25, 0.3) is 0 Å². The lowest BCUT2D eigenvalue weighted by Crippen LogP contribution is -2.44. The van der Waals surface area contributed by atoms with E-state index in [9.17, 15) is 0 Å². The summed E-state index contributed by atoms with van der Waals surface area (Å²) >= 11 is 0. The van der Waals surface area contributed by atoms with Crippen LogP contribution in [0.5, 0.6) is 0 Å². The molecule has 1 fully saturated rings. The number of rotatable bonds is 2. The van der Waals surface area contributed by atoms with Crippen LogP contribution in [0, 0.1) is 6.92 Å². The molecule has 2 rings (SSSR count). The van der Waals surface area contributed by atoms with Crippen LogP contribution in [0.3, 0.4) is 0 Å². The van der Waals surface area contributed by atoms with Crippen molar-refractivity contribution in [1.29, 1.82) is 0 Å². The van der Waals surface area contributed by atoms with Gasteiger partial charge in [-0.05, 0) is 25.8 Å². The maximum absolute atomic E-state index is 5.86. The number of aryl methyl sites for hydroxylation is 1. The Morgan fingerprint density at radius 3 is 2.67 bits per heavy atom. The Morgan fingerprint density at radius 2 is 2.00 bits per heavy atom. The number of hydrogen-bond donors (Lipinski definition) is 1. The number of nitrogens with one attached hydrogen (secondary N) is 1. The molecule has 1 aliphatic heterocycles. The van der Waals surface area contributed by atoms with Gasteiger partial charge in [-0.1, -0.05) is 29.8 Å². The number of hydrogen-bond acceptors (Lipinski definition) is 2. The Labute approximate surface area is 91.6 Å². The van der Waals surface area contributed by atoms with Gasteiger partial charge in [-0.3, -0.25) is 0 Å². The fraction of sp³-hybridized carbons (Fsp3) is 0.538. The Kier molecular flexibility index (Phi) is 3.39. The van der Waals surface area contributed by atoms with Crippen LogP contribution < -0.4 is 5.32 Å². The molecule has 0 amide bonds. The van der Waals surface area contributed by atoms with Gasteiger partial charge in [0.2, 0.25) is 0 Å². The van der Waals surface area contributed by atoms with E-state index in [4.69, 9.17) is 4.74 Å². The third-order valence-electron chi connectivity index (χ3n) is 2.81. The van der Waals surface area contributed by atoms with Crippen molar-refractivity contribution in [3.63, 3.8) is 0 Å². The fourth-order valence-electron chi connectivity index (χ4n) is 1.98. The van der Waals surface area contributed by atoms with Crippen LogP contribution in [0.2, 0.25) is 0 Å². The third kappa shape index (κ3) is 3.05. The maximum Gasteiger partial charge on any atom is 0.0743 e. The molecule has 0 aliphatic carbocycles. The first-order chi connectivity index (χ1) is 7.24. The second-order valence-corrected chi connectivity index (χ2v) is 4.42. The van der Waals surface area contributed by atoms with Crippen LogP contribution in [0.25, 0.3) is 0 Å². The molecule has 1 heterocycles. The van der Waals surface area contributed by atoms with Gasteiger partial charge in [-0.2, -0.15) is 0 Å². The highest BCUT2D eigenvalue weighted by molar-refractivity contribution is 5.21. The molecule has 0 radical (unpaired) electrons. The van der Waals surface area contributed by atoms with Crippen molar-refractivity contribution < 1.29 is 4.74 Å². The minimum absolute atomic E-state index is 0.330. The van der Waals surface area contributed by atoms with Crippen LogP contribution >= 0.6 is 0 Å². The summed E-state index contributed by atoms with van der Waals surface area (Å²) in [7, 11) is 0. The summed E-state index contributed by atoms with van der Waals surface area (Å²) in [5.41, 5.74) is 2.68. The largest absolute Gasteiger partial charge is 0.372 e. The van der Waals surface area contributed by atoms with Crippen LogP contribution in [0.15, 0.2) is 24.3 Å². The summed E-state index contributed by atoms with van der Waals surface area (Å²) in [6, 6.07) is 8.71. The molecule has 15 heavy (non-hydrogen) atoms. The minimum atomic E-state index is 0.330. The SMILES string of the molecule is Cc1ccc(CC2CNCC(C)O2)cc1. The van der Waals surface area contributed by atoms with Gasteiger partial charge in [0.05, 0.1) is 12.2 Å². The molecular formula is C13H19NO. The van der Waals surface area contributed by atoms with Gasteiger partial charge < -0.3 is 10.1 Å². The van der Waals surface area contributed by atoms with Gasteiger partial charge in [-0.25, -0.2) is 0 Å². The molecule has 0 aromatic heterocycles. The monoisotopic (exact) mass is 205 g/mol. The predicted octanol–water partition coefficient (Wildman–Crippen LogP) is 1.91. The molecular weight excluding hydrogens is 186 g/mol. The van der Waals surface area contributed by atoms with E-state index < -0.39 is 0 Å². The second kappa shape index (κ2) is 4.77. The van der Waals surface area contributed by atoms with E-state index in [1.54, 1.807) is 0 Å². The van der Waals surface area contributed by atoms with E-state index in [1.165, 1.54) is 11.1 Å². The minimum Gasteiger partial charge on any atom is -0.372 e. The maximum atomic E-state index is 5.86. The standard InChI is InChI=1S/C13H19NO/c1-10-3-5-12(6-4-10)7-13-9-14-8-11(2)15-13/h3-6,11,13-14H,7-9H2,1-2H3. The normalized spacial score (nSPS) is 26.5. The van der Waals surface area contributed by atoms with E-state index in [-0.39, 0.29) is 0 Å². The lowest BCUT2D eigenvalue weighted by atomic mass is 10.1. The van der Waals surface area contributed by atoms with Crippen molar-refractivity contribution in [2.75, 3.05) is 13.1 Å². The van der Waals surface area contributed by atoms with Crippen LogP contribution in [-0.2, 0) is 11.2 Å². The highest BCUT2D eigenvalue weighted by atomic mass is 16.5. The molecule has 1 saturated heterocycles. The number of morpholine rings is 1. The molecule has 2 heteroatoms. The Balaban J connectivity index is 1.93. The zero-order valence-corrected chi connectivity index (χ0v) is 9.49. The lowest BCUT2D eigenvalue weighted by Gasteiger charge is -2.28. The Hall–Kier alpha value is -0.860. The first-order valence-corrected chi connectivity index (χ1v) is 5.66. The molecule has 1 aliphatic rings. The molecule has 1 N–H and O–H groups in total. The molecule has 0 spiro atoms. The van der Waals surface area contributed by atoms with Crippen LogP contribution in [0.4, 0.5) is 0 Å². The third-order valence-corrected chi connectivity index (χ3v) is 2.81. The van der Waals surface area contributed by atoms with Gasteiger partial charge in [0.15, 0.2) is 0 Å². The summed E-state index contributed by atoms with van der Waals surface area (Å²) < 4.78 is 5.86. The average Bonchev–Trinajstić information content (AvgIpc) is 2.22. The average molecular weight is 205 g/mol. The quantitative estimate of drug-likeness (QED) is 0.796. The van der Waals surface area contributed by atoms with Crippen molar-refractivity contribution in [2.45, 2.75) is 32.5 Å². The number of ether oxygens (including phenoxy) is 1. The van der Waals surface area contributed by atoms with Crippen molar-refractivity contribution in [2.24, 2.45) is 0 Å². The molecule has 2 unspecified atom stereocenters. The molecule has 1 aromatic carbocycles. The van der Waals surface area contributed by atoms with E-state index in [0.717, 1.165) is 19.5 Å². The second-order valence-electron chi connectivity index (χ2n) is 4.42. The Morgan fingerprint density at radius 1 is 1.27 bits per heavy atom. The molecule has 1 aromatic rings. The fourth-order valence-corrected chi connectivity index (χ4v) is 1.98. The van der Waals surface area contributed by atoms with E-state index in [2.05, 4.69) is 43.4 Å². The van der Waals surface area contributed by atoms with Gasteiger partial charge in [0.1, 0.15) is 0 Å². The van der Waals surface area contributed by atoms with E-state index >= 15 is 0 Å². The summed E-state index contributed by atoms with van der Waals surface area (Å²) in [4.78, 5) is 0. The van der Waals surface area contributed by atoms with Gasteiger partial charge >= 0.3 is 0 Å². The van der Waals surface area contributed by atoms with Gasteiger partial charge in [0, 0.05) is 13.1 Å². The highest BCUT2D eigenvalue weighted by Crippen LogP contribution is 2.11. The first-order valence-electron chi connectivity index (χ1n) is 5.66. The topological polar surface area (TPSA) is 21.3 Å². The first kappa shape index (κ1) is 10.7. The highest BCUT2D eigenvalue weighted by Gasteiger charge is 2.18. The summed E-state index contributed by atoms with van der Waals surface area (Å²) in [5.74, 6) is 0. The summed E-state index contributed by atoms with van der Waals surface area (Å²) in [6.45, 7) is 6.18. The summed E-state index contributed by atoms with van der Waals surface area (Å²) in [5, 5.41) is 3.39. The summed E-state index contributed by atoms with van der Waals surface area (Å²) in [6.07, 6.45) is 1.68. The van der Waals surface area contributed by atoms with Crippen molar-refractivity contribution >= 4 is 0 Å². The Bertz CT molecular complexity index is 307. The van der Waals surface area contributed by atoms with Crippen LogP contribution in [-0.4, -0.2) is 25.3 Å². The van der Waals surface area contributed by atoms with Crippen LogP contribution in [0.1, 0.15) is 18.1 Å². The van der Waals surface area contributed by atoms with Crippen molar-refractivity contribution in [1.82, 2.24) is 5.32 Å². The zero-order valence-electron chi connectivity index (χ0n) is 9.49. The molecule has 0 bridgehead atoms. The van der Waals surface area contributed by atoms with E-state index in [0.29, 0.717) is 12.2 Å².